The maximum Gasteiger partial charge on any atom is 0.138 e. The van der Waals surface area contributed by atoms with Crippen LogP contribution in [-0.4, -0.2) is 41.9 Å². The molecule has 0 aliphatic carbocycles. The molecule has 0 spiro atoms. The first-order valence-corrected chi connectivity index (χ1v) is 8.54. The van der Waals surface area contributed by atoms with Crippen molar-refractivity contribution in [3.05, 3.63) is 28.2 Å². The third-order valence-electron chi connectivity index (χ3n) is 3.10. The maximum absolute atomic E-state index is 9.87. The highest BCUT2D eigenvalue weighted by Crippen LogP contribution is 2.27. The van der Waals surface area contributed by atoms with Crippen molar-refractivity contribution in [2.75, 3.05) is 25.4 Å². The number of aliphatic hydroxyl groups excluding tert-OH is 1. The Morgan fingerprint density at radius 2 is 2.30 bits per heavy atom. The number of rotatable bonds is 7. The van der Waals surface area contributed by atoms with Gasteiger partial charge in [-0.1, -0.05) is 23.2 Å². The number of ether oxygens (including phenoxy) is 1. The van der Waals surface area contributed by atoms with Crippen LogP contribution in [-0.2, 0) is 0 Å². The summed E-state index contributed by atoms with van der Waals surface area (Å²) in [6.45, 7) is 1.69. The first-order chi connectivity index (χ1) is 9.65. The van der Waals surface area contributed by atoms with Gasteiger partial charge < -0.3 is 15.2 Å². The van der Waals surface area contributed by atoms with Gasteiger partial charge in [-0.05, 0) is 36.8 Å². The van der Waals surface area contributed by atoms with Gasteiger partial charge in [0.25, 0.3) is 0 Å². The van der Waals surface area contributed by atoms with Crippen molar-refractivity contribution in [3.63, 3.8) is 0 Å². The number of benzene rings is 1. The van der Waals surface area contributed by atoms with E-state index < -0.39 is 6.10 Å². The van der Waals surface area contributed by atoms with Crippen LogP contribution in [0.25, 0.3) is 0 Å². The van der Waals surface area contributed by atoms with Gasteiger partial charge >= 0.3 is 0 Å². The van der Waals surface area contributed by atoms with E-state index in [1.807, 2.05) is 11.8 Å². The number of hydrogen-bond acceptors (Lipinski definition) is 4. The molecule has 1 heterocycles. The first-order valence-electron chi connectivity index (χ1n) is 6.73. The zero-order valence-electron chi connectivity index (χ0n) is 11.1. The molecule has 2 rings (SSSR count). The Hall–Kier alpha value is -0.130. The van der Waals surface area contributed by atoms with Crippen molar-refractivity contribution in [3.8, 4) is 5.75 Å². The molecule has 2 unspecified atom stereocenters. The van der Waals surface area contributed by atoms with Gasteiger partial charge in [-0.3, -0.25) is 0 Å². The van der Waals surface area contributed by atoms with Gasteiger partial charge in [0, 0.05) is 23.4 Å². The minimum atomic E-state index is -0.548. The van der Waals surface area contributed by atoms with Crippen LogP contribution in [0, 0.1) is 0 Å². The average Bonchev–Trinajstić information content (AvgIpc) is 2.91. The minimum absolute atomic E-state index is 0.214. The lowest BCUT2D eigenvalue weighted by Gasteiger charge is -2.15. The summed E-state index contributed by atoms with van der Waals surface area (Å²) in [6.07, 6.45) is 2.02. The molecule has 2 N–H and O–H groups in total. The molecule has 2 atom stereocenters. The topological polar surface area (TPSA) is 41.5 Å². The Kier molecular flexibility index (Phi) is 6.78. The van der Waals surface area contributed by atoms with E-state index >= 15 is 0 Å². The molecule has 1 aliphatic rings. The monoisotopic (exact) mass is 335 g/mol. The third kappa shape index (κ3) is 5.34. The molecule has 112 valence electrons. The van der Waals surface area contributed by atoms with E-state index in [0.29, 0.717) is 27.6 Å². The van der Waals surface area contributed by atoms with E-state index in [9.17, 15) is 5.11 Å². The lowest BCUT2D eigenvalue weighted by Crippen LogP contribution is -2.34. The van der Waals surface area contributed by atoms with Crippen molar-refractivity contribution < 1.29 is 9.84 Å². The summed E-state index contributed by atoms with van der Waals surface area (Å²) >= 11 is 13.8. The van der Waals surface area contributed by atoms with Crippen LogP contribution in [0.5, 0.6) is 5.75 Å². The van der Waals surface area contributed by atoms with E-state index in [-0.39, 0.29) is 6.61 Å². The summed E-state index contributed by atoms with van der Waals surface area (Å²) in [5.74, 6) is 1.80. The number of halogens is 2. The Morgan fingerprint density at radius 3 is 3.00 bits per heavy atom. The average molecular weight is 336 g/mol. The molecule has 6 heteroatoms. The van der Waals surface area contributed by atoms with E-state index in [2.05, 4.69) is 5.32 Å². The second-order valence-electron chi connectivity index (χ2n) is 4.83. The highest BCUT2D eigenvalue weighted by Gasteiger charge is 2.15. The van der Waals surface area contributed by atoms with Gasteiger partial charge in [0.05, 0.1) is 5.02 Å². The molecule has 1 aliphatic heterocycles. The highest BCUT2D eigenvalue weighted by molar-refractivity contribution is 8.00. The standard InChI is InChI=1S/C14H19Cl2NO2S/c15-10-3-4-14(13(16)6-10)19-9-11(18)7-17-8-12-2-1-5-20-12/h3-4,6,11-12,17-18H,1-2,5,7-9H2. The maximum atomic E-state index is 9.87. The highest BCUT2D eigenvalue weighted by atomic mass is 35.5. The number of thioether (sulfide) groups is 1. The molecule has 1 saturated heterocycles. The van der Waals surface area contributed by atoms with Gasteiger partial charge in [-0.25, -0.2) is 0 Å². The van der Waals surface area contributed by atoms with Crippen LogP contribution < -0.4 is 10.1 Å². The molecule has 1 fully saturated rings. The summed E-state index contributed by atoms with van der Waals surface area (Å²) in [6, 6.07) is 5.05. The molecule has 1 aromatic carbocycles. The summed E-state index contributed by atoms with van der Waals surface area (Å²) in [5, 5.41) is 14.9. The molecular formula is C14H19Cl2NO2S. The summed E-state index contributed by atoms with van der Waals surface area (Å²) in [4.78, 5) is 0. The van der Waals surface area contributed by atoms with Crippen LogP contribution in [0.4, 0.5) is 0 Å². The van der Waals surface area contributed by atoms with Gasteiger partial charge in [0.1, 0.15) is 18.5 Å². The molecule has 0 amide bonds. The van der Waals surface area contributed by atoms with Crippen molar-refractivity contribution in [1.82, 2.24) is 5.32 Å². The summed E-state index contributed by atoms with van der Waals surface area (Å²) < 4.78 is 5.49. The largest absolute Gasteiger partial charge is 0.489 e. The van der Waals surface area contributed by atoms with E-state index in [0.717, 1.165) is 6.54 Å². The van der Waals surface area contributed by atoms with E-state index in [4.69, 9.17) is 27.9 Å². The van der Waals surface area contributed by atoms with Crippen LogP contribution in [0.1, 0.15) is 12.8 Å². The molecular weight excluding hydrogens is 317 g/mol. The van der Waals surface area contributed by atoms with Crippen molar-refractivity contribution in [2.45, 2.75) is 24.2 Å². The number of nitrogens with one attached hydrogen (secondary N) is 1. The molecule has 0 saturated carbocycles. The van der Waals surface area contributed by atoms with Gasteiger partial charge in [-0.15, -0.1) is 0 Å². The van der Waals surface area contributed by atoms with Gasteiger partial charge in [0.2, 0.25) is 0 Å². The van der Waals surface area contributed by atoms with Crippen LogP contribution in [0.3, 0.4) is 0 Å². The molecule has 0 radical (unpaired) electrons. The zero-order valence-corrected chi connectivity index (χ0v) is 13.5. The Labute approximate surface area is 134 Å². The second kappa shape index (κ2) is 8.35. The van der Waals surface area contributed by atoms with Crippen molar-refractivity contribution in [1.29, 1.82) is 0 Å². The second-order valence-corrected chi connectivity index (χ2v) is 7.08. The Morgan fingerprint density at radius 1 is 1.45 bits per heavy atom. The minimum Gasteiger partial charge on any atom is -0.489 e. The Balaban J connectivity index is 1.65. The fourth-order valence-electron chi connectivity index (χ4n) is 2.05. The molecule has 3 nitrogen and oxygen atoms in total. The Bertz CT molecular complexity index is 428. The lowest BCUT2D eigenvalue weighted by atomic mass is 10.2. The third-order valence-corrected chi connectivity index (χ3v) is 5.03. The number of hydrogen-bond donors (Lipinski definition) is 2. The number of aliphatic hydroxyl groups is 1. The van der Waals surface area contributed by atoms with Gasteiger partial charge in [0.15, 0.2) is 0 Å². The lowest BCUT2D eigenvalue weighted by molar-refractivity contribution is 0.106. The predicted molar refractivity (Wildman–Crippen MR) is 86.3 cm³/mol. The van der Waals surface area contributed by atoms with Crippen LogP contribution in [0.2, 0.25) is 10.0 Å². The first kappa shape index (κ1) is 16.2. The zero-order chi connectivity index (χ0) is 14.4. The summed E-state index contributed by atoms with van der Waals surface area (Å²) in [7, 11) is 0. The molecule has 0 bridgehead atoms. The van der Waals surface area contributed by atoms with Gasteiger partial charge in [-0.2, -0.15) is 11.8 Å². The van der Waals surface area contributed by atoms with E-state index in [1.165, 1.54) is 18.6 Å². The SMILES string of the molecule is OC(CNCC1CCCS1)COc1ccc(Cl)cc1Cl. The normalized spacial score (nSPS) is 20.1. The van der Waals surface area contributed by atoms with E-state index in [1.54, 1.807) is 18.2 Å². The van der Waals surface area contributed by atoms with Crippen LogP contribution >= 0.6 is 35.0 Å². The molecule has 20 heavy (non-hydrogen) atoms. The molecule has 1 aromatic rings. The smallest absolute Gasteiger partial charge is 0.138 e. The summed E-state index contributed by atoms with van der Waals surface area (Å²) in [5.41, 5.74) is 0. The van der Waals surface area contributed by atoms with Crippen LogP contribution in [0.15, 0.2) is 18.2 Å². The van der Waals surface area contributed by atoms with Crippen molar-refractivity contribution in [2.24, 2.45) is 0 Å². The fraction of sp³-hybridized carbons (Fsp3) is 0.571. The quantitative estimate of drug-likeness (QED) is 0.802. The van der Waals surface area contributed by atoms with Crippen molar-refractivity contribution >= 4 is 35.0 Å². The molecule has 0 aromatic heterocycles. The fourth-order valence-corrected chi connectivity index (χ4v) is 3.75. The predicted octanol–water partition coefficient (Wildman–Crippen LogP) is 3.22.